The molecule has 0 unspecified atom stereocenters. The predicted octanol–water partition coefficient (Wildman–Crippen LogP) is 2.70. The van der Waals surface area contributed by atoms with Crippen molar-refractivity contribution in [1.29, 1.82) is 5.26 Å². The van der Waals surface area contributed by atoms with Crippen LogP contribution >= 0.6 is 11.8 Å². The highest BCUT2D eigenvalue weighted by Crippen LogP contribution is 2.25. The SMILES string of the molecule is COCCOC(=O)CSc1nc2cc(C)ccc2cc1C#N. The van der Waals surface area contributed by atoms with Crippen LogP contribution in [-0.2, 0) is 14.3 Å². The molecule has 6 heteroatoms. The Morgan fingerprint density at radius 2 is 2.18 bits per heavy atom. The Morgan fingerprint density at radius 1 is 1.36 bits per heavy atom. The summed E-state index contributed by atoms with van der Waals surface area (Å²) in [6.45, 7) is 2.58. The van der Waals surface area contributed by atoms with E-state index in [9.17, 15) is 10.1 Å². The molecule has 1 aromatic heterocycles. The summed E-state index contributed by atoms with van der Waals surface area (Å²) in [4.78, 5) is 16.1. The van der Waals surface area contributed by atoms with Gasteiger partial charge in [0.15, 0.2) is 0 Å². The van der Waals surface area contributed by atoms with E-state index in [1.807, 2.05) is 25.1 Å². The molecular formula is C16H16N2O3S. The number of aryl methyl sites for hydroxylation is 1. The molecule has 0 radical (unpaired) electrons. The summed E-state index contributed by atoms with van der Waals surface area (Å²) in [6, 6.07) is 9.78. The topological polar surface area (TPSA) is 72.2 Å². The number of esters is 1. The van der Waals surface area contributed by atoms with E-state index in [4.69, 9.17) is 9.47 Å². The van der Waals surface area contributed by atoms with E-state index in [0.717, 1.165) is 16.5 Å². The van der Waals surface area contributed by atoms with Crippen molar-refractivity contribution in [3.63, 3.8) is 0 Å². The van der Waals surface area contributed by atoms with E-state index < -0.39 is 0 Å². The van der Waals surface area contributed by atoms with Crippen molar-refractivity contribution in [2.75, 3.05) is 26.1 Å². The molecule has 114 valence electrons. The Morgan fingerprint density at radius 3 is 2.91 bits per heavy atom. The minimum atomic E-state index is -0.350. The molecule has 0 saturated heterocycles. The Balaban J connectivity index is 2.12. The summed E-state index contributed by atoms with van der Waals surface area (Å²) < 4.78 is 9.80. The fourth-order valence-electron chi connectivity index (χ4n) is 1.86. The third-order valence-corrected chi connectivity index (χ3v) is 3.90. The maximum absolute atomic E-state index is 11.6. The number of methoxy groups -OCH3 is 1. The van der Waals surface area contributed by atoms with Crippen molar-refractivity contribution in [2.24, 2.45) is 0 Å². The average Bonchev–Trinajstić information content (AvgIpc) is 2.52. The van der Waals surface area contributed by atoms with E-state index in [1.165, 1.54) is 11.8 Å². The fourth-order valence-corrected chi connectivity index (χ4v) is 2.62. The molecule has 1 heterocycles. The van der Waals surface area contributed by atoms with Gasteiger partial charge in [-0.3, -0.25) is 4.79 Å². The normalized spacial score (nSPS) is 10.4. The molecule has 0 N–H and O–H groups in total. The van der Waals surface area contributed by atoms with Gasteiger partial charge in [0.1, 0.15) is 17.7 Å². The van der Waals surface area contributed by atoms with E-state index >= 15 is 0 Å². The smallest absolute Gasteiger partial charge is 0.316 e. The van der Waals surface area contributed by atoms with Gasteiger partial charge in [0.25, 0.3) is 0 Å². The Labute approximate surface area is 133 Å². The van der Waals surface area contributed by atoms with Crippen LogP contribution in [0.25, 0.3) is 10.9 Å². The molecule has 0 spiro atoms. The van der Waals surface area contributed by atoms with Gasteiger partial charge in [-0.15, -0.1) is 0 Å². The number of hydrogen-bond donors (Lipinski definition) is 0. The molecule has 0 aliphatic heterocycles. The lowest BCUT2D eigenvalue weighted by Crippen LogP contribution is -2.11. The summed E-state index contributed by atoms with van der Waals surface area (Å²) in [5.41, 5.74) is 2.37. The number of ether oxygens (including phenoxy) is 2. The molecule has 0 aliphatic carbocycles. The quantitative estimate of drug-likeness (QED) is 0.463. The first-order valence-electron chi connectivity index (χ1n) is 6.73. The van der Waals surface area contributed by atoms with E-state index in [2.05, 4.69) is 11.1 Å². The lowest BCUT2D eigenvalue weighted by Gasteiger charge is -2.07. The third-order valence-electron chi connectivity index (χ3n) is 2.94. The molecule has 22 heavy (non-hydrogen) atoms. The Hall–Kier alpha value is -2.10. The number of nitriles is 1. The largest absolute Gasteiger partial charge is 0.463 e. The number of rotatable bonds is 6. The van der Waals surface area contributed by atoms with Gasteiger partial charge in [-0.1, -0.05) is 23.9 Å². The van der Waals surface area contributed by atoms with E-state index in [-0.39, 0.29) is 18.3 Å². The van der Waals surface area contributed by atoms with Crippen LogP contribution in [0, 0.1) is 18.3 Å². The van der Waals surface area contributed by atoms with Gasteiger partial charge in [-0.25, -0.2) is 4.98 Å². The van der Waals surface area contributed by atoms with Gasteiger partial charge in [0.2, 0.25) is 0 Å². The standard InChI is InChI=1S/C16H16N2O3S/c1-11-3-4-12-8-13(9-17)16(18-14(12)7-11)22-10-15(19)21-6-5-20-2/h3-4,7-8H,5-6,10H2,1-2H3. The minimum Gasteiger partial charge on any atom is -0.463 e. The second-order valence-corrected chi connectivity index (χ2v) is 5.62. The Bertz CT molecular complexity index is 725. The van der Waals surface area contributed by atoms with Crippen LogP contribution in [0.1, 0.15) is 11.1 Å². The van der Waals surface area contributed by atoms with E-state index in [0.29, 0.717) is 17.2 Å². The van der Waals surface area contributed by atoms with Gasteiger partial charge in [-0.05, 0) is 24.6 Å². The van der Waals surface area contributed by atoms with Gasteiger partial charge < -0.3 is 9.47 Å². The number of fused-ring (bicyclic) bond motifs is 1. The van der Waals surface area contributed by atoms with Crippen LogP contribution in [0.2, 0.25) is 0 Å². The maximum Gasteiger partial charge on any atom is 0.316 e. The second kappa shape index (κ2) is 7.78. The number of pyridine rings is 1. The Kier molecular flexibility index (Phi) is 5.75. The molecule has 0 saturated carbocycles. The monoisotopic (exact) mass is 316 g/mol. The van der Waals surface area contributed by atoms with Crippen LogP contribution in [0.4, 0.5) is 0 Å². The van der Waals surface area contributed by atoms with Crippen LogP contribution in [0.5, 0.6) is 0 Å². The summed E-state index contributed by atoms with van der Waals surface area (Å²) in [5.74, 6) is -0.236. The van der Waals surface area contributed by atoms with Crippen LogP contribution < -0.4 is 0 Å². The zero-order valence-electron chi connectivity index (χ0n) is 12.5. The van der Waals surface area contributed by atoms with Crippen LogP contribution in [0.15, 0.2) is 29.3 Å². The number of aromatic nitrogens is 1. The van der Waals surface area contributed by atoms with Crippen LogP contribution in [0.3, 0.4) is 0 Å². The molecule has 2 rings (SSSR count). The lowest BCUT2D eigenvalue weighted by molar-refractivity contribution is -0.141. The molecule has 0 bridgehead atoms. The summed E-state index contributed by atoms with van der Waals surface area (Å²) >= 11 is 1.21. The third kappa shape index (κ3) is 4.20. The highest BCUT2D eigenvalue weighted by molar-refractivity contribution is 7.99. The van der Waals surface area contributed by atoms with Crippen LogP contribution in [-0.4, -0.2) is 37.0 Å². The summed E-state index contributed by atoms with van der Waals surface area (Å²) in [6.07, 6.45) is 0. The fraction of sp³-hybridized carbons (Fsp3) is 0.312. The van der Waals surface area contributed by atoms with Crippen molar-refractivity contribution < 1.29 is 14.3 Å². The van der Waals surface area contributed by atoms with Crippen molar-refractivity contribution in [3.05, 3.63) is 35.4 Å². The zero-order chi connectivity index (χ0) is 15.9. The number of carbonyl (C=O) groups excluding carboxylic acids is 1. The van der Waals surface area contributed by atoms with E-state index in [1.54, 1.807) is 13.2 Å². The first kappa shape index (κ1) is 16.3. The van der Waals surface area contributed by atoms with Gasteiger partial charge in [0.05, 0.1) is 23.4 Å². The molecular weight excluding hydrogens is 300 g/mol. The highest BCUT2D eigenvalue weighted by atomic mass is 32.2. The van der Waals surface area contributed by atoms with Gasteiger partial charge >= 0.3 is 5.97 Å². The lowest BCUT2D eigenvalue weighted by atomic mass is 10.1. The van der Waals surface area contributed by atoms with Crippen molar-refractivity contribution in [1.82, 2.24) is 4.98 Å². The van der Waals surface area contributed by atoms with Crippen molar-refractivity contribution >= 4 is 28.6 Å². The molecule has 0 fully saturated rings. The van der Waals surface area contributed by atoms with Crippen molar-refractivity contribution in [3.8, 4) is 6.07 Å². The molecule has 0 aliphatic rings. The summed E-state index contributed by atoms with van der Waals surface area (Å²) in [7, 11) is 1.54. The minimum absolute atomic E-state index is 0.114. The maximum atomic E-state index is 11.6. The first-order valence-corrected chi connectivity index (χ1v) is 7.71. The molecule has 0 amide bonds. The number of thioether (sulfide) groups is 1. The van der Waals surface area contributed by atoms with Gasteiger partial charge in [-0.2, -0.15) is 5.26 Å². The summed E-state index contributed by atoms with van der Waals surface area (Å²) in [5, 5.41) is 10.7. The molecule has 5 nitrogen and oxygen atoms in total. The molecule has 1 aromatic carbocycles. The zero-order valence-corrected chi connectivity index (χ0v) is 13.3. The first-order chi connectivity index (χ1) is 10.6. The van der Waals surface area contributed by atoms with Crippen molar-refractivity contribution in [2.45, 2.75) is 11.9 Å². The molecule has 2 aromatic rings. The number of carbonyl (C=O) groups is 1. The second-order valence-electron chi connectivity index (χ2n) is 4.65. The number of benzene rings is 1. The molecule has 0 atom stereocenters. The van der Waals surface area contributed by atoms with Gasteiger partial charge in [0, 0.05) is 12.5 Å². The number of hydrogen-bond acceptors (Lipinski definition) is 6. The number of nitrogens with zero attached hydrogens (tertiary/aromatic N) is 2. The average molecular weight is 316 g/mol. The predicted molar refractivity (Wildman–Crippen MR) is 84.8 cm³/mol. The highest BCUT2D eigenvalue weighted by Gasteiger charge is 2.11.